The minimum absolute atomic E-state index is 0.0941. The molecule has 1 aromatic heterocycles. The molecule has 60 valence electrons. The van der Waals surface area contributed by atoms with Crippen LogP contribution in [0.3, 0.4) is 0 Å². The summed E-state index contributed by atoms with van der Waals surface area (Å²) in [5.74, 6) is 0.166. The van der Waals surface area contributed by atoms with Gasteiger partial charge in [0.25, 0.3) is 0 Å². The van der Waals surface area contributed by atoms with E-state index in [0.29, 0.717) is 10.2 Å². The number of rotatable bonds is 1. The predicted octanol–water partition coefficient (Wildman–Crippen LogP) is 2.04. The fourth-order valence-electron chi connectivity index (χ4n) is 0.570. The van der Waals surface area contributed by atoms with Gasteiger partial charge in [-0.05, 0) is 15.9 Å². The highest BCUT2D eigenvalue weighted by Gasteiger charge is 2.06. The molecule has 1 N–H and O–H groups in total. The maximum atomic E-state index is 10.9. The second kappa shape index (κ2) is 3.57. The van der Waals surface area contributed by atoms with Gasteiger partial charge in [0, 0.05) is 6.07 Å². The molecule has 0 radical (unpaired) electrons. The lowest BCUT2D eigenvalue weighted by Gasteiger charge is -1.96. The van der Waals surface area contributed by atoms with Crippen LogP contribution in [0.5, 0.6) is 5.75 Å². The topological polar surface area (TPSA) is 50.4 Å². The molecule has 0 bridgehead atoms. The van der Waals surface area contributed by atoms with E-state index in [1.807, 2.05) is 0 Å². The largest absolute Gasteiger partial charge is 0.501 e. The zero-order valence-electron chi connectivity index (χ0n) is 5.30. The predicted molar refractivity (Wildman–Crippen MR) is 52.1 cm³/mol. The summed E-state index contributed by atoms with van der Waals surface area (Å²) in [4.78, 5) is 10.9. The van der Waals surface area contributed by atoms with Gasteiger partial charge in [-0.2, -0.15) is 0 Å². The van der Waals surface area contributed by atoms with Gasteiger partial charge in [0.05, 0.1) is 4.43 Å². The van der Waals surface area contributed by atoms with Gasteiger partial charge in [0.2, 0.25) is 15.8 Å². The van der Waals surface area contributed by atoms with E-state index in [4.69, 9.17) is 9.52 Å². The van der Waals surface area contributed by atoms with E-state index in [2.05, 4.69) is 38.5 Å². The van der Waals surface area contributed by atoms with Crippen LogP contribution in [0, 0.1) is 0 Å². The lowest BCUT2D eigenvalue weighted by Crippen LogP contribution is -1.99. The van der Waals surface area contributed by atoms with Gasteiger partial charge in [-0.1, -0.05) is 22.6 Å². The van der Waals surface area contributed by atoms with Crippen LogP contribution in [0.1, 0.15) is 5.76 Å². The fourth-order valence-corrected chi connectivity index (χ4v) is 1.35. The molecule has 0 amide bonds. The first-order chi connectivity index (χ1) is 5.15. The molecular weight excluding hydrogens is 327 g/mol. The second-order valence-corrected chi connectivity index (χ2v) is 3.32. The smallest absolute Gasteiger partial charge is 0.228 e. The Morgan fingerprint density at radius 3 is 2.82 bits per heavy atom. The van der Waals surface area contributed by atoms with Crippen LogP contribution in [-0.4, -0.2) is 5.11 Å². The molecule has 0 aromatic carbocycles. The normalized spacial score (nSPS) is 10.0. The Morgan fingerprint density at radius 1 is 1.73 bits per heavy atom. The van der Waals surface area contributed by atoms with Crippen LogP contribution in [0.15, 0.2) is 19.9 Å². The maximum Gasteiger partial charge on any atom is 0.228 e. The standard InChI is InChI=1S/C6H4BrIO3/c7-6-5(10)4(9)1-3(2-8)11-6/h1,10H,2H2. The van der Waals surface area contributed by atoms with Crippen molar-refractivity contribution in [2.45, 2.75) is 4.43 Å². The lowest BCUT2D eigenvalue weighted by molar-refractivity contribution is 0.403. The van der Waals surface area contributed by atoms with Gasteiger partial charge in [-0.15, -0.1) is 0 Å². The molecule has 1 heterocycles. The van der Waals surface area contributed by atoms with Crippen LogP contribution in [0.25, 0.3) is 0 Å². The van der Waals surface area contributed by atoms with Crippen molar-refractivity contribution in [1.29, 1.82) is 0 Å². The molecule has 0 aliphatic carbocycles. The summed E-state index contributed by atoms with van der Waals surface area (Å²) in [6, 6.07) is 1.27. The molecular formula is C6H4BrIO3. The Balaban J connectivity index is 3.32. The minimum atomic E-state index is -0.421. The van der Waals surface area contributed by atoms with Crippen LogP contribution in [0.2, 0.25) is 0 Å². The van der Waals surface area contributed by atoms with Crippen molar-refractivity contribution in [3.63, 3.8) is 0 Å². The van der Waals surface area contributed by atoms with Gasteiger partial charge >= 0.3 is 0 Å². The third-order valence-electron chi connectivity index (χ3n) is 1.06. The van der Waals surface area contributed by atoms with E-state index in [-0.39, 0.29) is 10.4 Å². The molecule has 1 rings (SSSR count). The quantitative estimate of drug-likeness (QED) is 0.633. The molecule has 0 spiro atoms. The first-order valence-electron chi connectivity index (χ1n) is 2.72. The minimum Gasteiger partial charge on any atom is -0.501 e. The average molecular weight is 331 g/mol. The van der Waals surface area contributed by atoms with E-state index in [0.717, 1.165) is 0 Å². The third kappa shape index (κ3) is 1.96. The molecule has 0 aliphatic rings. The van der Waals surface area contributed by atoms with Crippen LogP contribution < -0.4 is 5.43 Å². The summed E-state index contributed by atoms with van der Waals surface area (Å²) in [7, 11) is 0. The Hall–Kier alpha value is -0.0400. The summed E-state index contributed by atoms with van der Waals surface area (Å²) in [6.07, 6.45) is 0. The number of aromatic hydroxyl groups is 1. The summed E-state index contributed by atoms with van der Waals surface area (Å²) in [5, 5.41) is 8.97. The lowest BCUT2D eigenvalue weighted by atomic mass is 10.4. The van der Waals surface area contributed by atoms with E-state index in [1.54, 1.807) is 0 Å². The SMILES string of the molecule is O=c1cc(CI)oc(Br)c1O. The highest BCUT2D eigenvalue weighted by molar-refractivity contribution is 14.1. The van der Waals surface area contributed by atoms with Gasteiger partial charge in [0.1, 0.15) is 5.76 Å². The number of hydrogen-bond donors (Lipinski definition) is 1. The van der Waals surface area contributed by atoms with Crippen LogP contribution >= 0.6 is 38.5 Å². The molecule has 0 saturated heterocycles. The zero-order chi connectivity index (χ0) is 8.43. The number of alkyl halides is 1. The van der Waals surface area contributed by atoms with Gasteiger partial charge in [0.15, 0.2) is 0 Å². The highest BCUT2D eigenvalue weighted by atomic mass is 127. The van der Waals surface area contributed by atoms with Crippen LogP contribution in [0.4, 0.5) is 0 Å². The monoisotopic (exact) mass is 330 g/mol. The Labute approximate surface area is 84.7 Å². The summed E-state index contributed by atoms with van der Waals surface area (Å²) >= 11 is 4.98. The summed E-state index contributed by atoms with van der Waals surface area (Å²) < 4.78 is 5.69. The van der Waals surface area contributed by atoms with E-state index < -0.39 is 5.43 Å². The van der Waals surface area contributed by atoms with Gasteiger partial charge < -0.3 is 9.52 Å². The van der Waals surface area contributed by atoms with E-state index >= 15 is 0 Å². The average Bonchev–Trinajstić information content (AvgIpc) is 1.99. The van der Waals surface area contributed by atoms with Crippen molar-refractivity contribution >= 4 is 38.5 Å². The van der Waals surface area contributed by atoms with Crippen molar-refractivity contribution in [2.24, 2.45) is 0 Å². The van der Waals surface area contributed by atoms with Crippen molar-refractivity contribution < 1.29 is 9.52 Å². The van der Waals surface area contributed by atoms with Crippen molar-refractivity contribution in [1.82, 2.24) is 0 Å². The molecule has 5 heteroatoms. The second-order valence-electron chi connectivity index (χ2n) is 1.83. The van der Waals surface area contributed by atoms with Gasteiger partial charge in [-0.25, -0.2) is 0 Å². The first-order valence-corrected chi connectivity index (χ1v) is 5.04. The maximum absolute atomic E-state index is 10.9. The molecule has 0 aliphatic heterocycles. The number of hydrogen-bond acceptors (Lipinski definition) is 3. The van der Waals surface area contributed by atoms with Crippen molar-refractivity contribution in [2.75, 3.05) is 0 Å². The molecule has 0 saturated carbocycles. The van der Waals surface area contributed by atoms with Crippen molar-refractivity contribution in [3.05, 3.63) is 26.7 Å². The van der Waals surface area contributed by atoms with Crippen LogP contribution in [-0.2, 0) is 4.43 Å². The zero-order valence-corrected chi connectivity index (χ0v) is 9.05. The van der Waals surface area contributed by atoms with Crippen molar-refractivity contribution in [3.8, 4) is 5.75 Å². The molecule has 0 atom stereocenters. The Bertz CT molecular complexity index is 320. The highest BCUT2D eigenvalue weighted by Crippen LogP contribution is 2.20. The Morgan fingerprint density at radius 2 is 2.36 bits per heavy atom. The molecule has 0 unspecified atom stereocenters. The fraction of sp³-hybridized carbons (Fsp3) is 0.167. The van der Waals surface area contributed by atoms with E-state index in [1.165, 1.54) is 6.07 Å². The van der Waals surface area contributed by atoms with Gasteiger partial charge in [-0.3, -0.25) is 4.79 Å². The molecule has 1 aromatic rings. The summed E-state index contributed by atoms with van der Waals surface area (Å²) in [5.41, 5.74) is -0.421. The third-order valence-corrected chi connectivity index (χ3v) is 2.35. The molecule has 3 nitrogen and oxygen atoms in total. The number of halogens is 2. The first kappa shape index (κ1) is 9.05. The Kier molecular flexibility index (Phi) is 2.94. The molecule has 11 heavy (non-hydrogen) atoms. The summed E-state index contributed by atoms with van der Waals surface area (Å²) in [6.45, 7) is 0. The van der Waals surface area contributed by atoms with E-state index in [9.17, 15) is 4.79 Å². The molecule has 0 fully saturated rings.